The number of hydrogen-bond donors (Lipinski definition) is 0. The molecule has 4 heterocycles. The Morgan fingerprint density at radius 1 is 1.00 bits per heavy atom. The highest BCUT2D eigenvalue weighted by atomic mass is 16.2. The summed E-state index contributed by atoms with van der Waals surface area (Å²) in [5, 5.41) is 0. The second-order valence-corrected chi connectivity index (χ2v) is 8.54. The Labute approximate surface area is 164 Å². The lowest BCUT2D eigenvalue weighted by molar-refractivity contribution is -0.141. The summed E-state index contributed by atoms with van der Waals surface area (Å²) in [5.74, 6) is -0.0924. The van der Waals surface area contributed by atoms with E-state index in [1.807, 2.05) is 23.6 Å². The lowest BCUT2D eigenvalue weighted by Crippen LogP contribution is -2.49. The van der Waals surface area contributed by atoms with Crippen LogP contribution in [-0.2, 0) is 9.59 Å². The smallest absolute Gasteiger partial charge is 0.257 e. The number of rotatable bonds is 3. The zero-order valence-corrected chi connectivity index (χ0v) is 16.5. The molecule has 0 saturated carbocycles. The Bertz CT molecular complexity index is 777. The first kappa shape index (κ1) is 18.8. The molecule has 8 heteroatoms. The average molecular weight is 385 g/mol. The van der Waals surface area contributed by atoms with E-state index in [9.17, 15) is 14.4 Å². The van der Waals surface area contributed by atoms with Crippen LogP contribution in [0.3, 0.4) is 0 Å². The fourth-order valence-electron chi connectivity index (χ4n) is 4.88. The molecule has 8 nitrogen and oxygen atoms in total. The maximum absolute atomic E-state index is 13.5. The van der Waals surface area contributed by atoms with E-state index in [1.54, 1.807) is 4.90 Å². The predicted molar refractivity (Wildman–Crippen MR) is 101 cm³/mol. The first-order valence-corrected chi connectivity index (χ1v) is 10.0. The molecule has 3 fully saturated rings. The highest BCUT2D eigenvalue weighted by Gasteiger charge is 2.60. The maximum Gasteiger partial charge on any atom is 0.257 e. The molecule has 0 radical (unpaired) electrons. The molecule has 3 aliphatic rings. The first-order valence-electron chi connectivity index (χ1n) is 10.0. The van der Waals surface area contributed by atoms with Gasteiger partial charge in [0.2, 0.25) is 11.8 Å². The molecule has 0 aliphatic carbocycles. The minimum Gasteiger partial charge on any atom is -0.342 e. The van der Waals surface area contributed by atoms with Crippen LogP contribution in [0, 0.1) is 17.3 Å². The summed E-state index contributed by atoms with van der Waals surface area (Å²) in [7, 11) is 0. The first-order chi connectivity index (χ1) is 13.4. The molecule has 150 valence electrons. The third-order valence-corrected chi connectivity index (χ3v) is 6.33. The van der Waals surface area contributed by atoms with E-state index in [4.69, 9.17) is 0 Å². The van der Waals surface area contributed by atoms with Crippen LogP contribution in [0.1, 0.15) is 37.0 Å². The number of carbonyl (C=O) groups excluding carboxylic acids is 3. The number of aromatic nitrogens is 2. The minimum absolute atomic E-state index is 0.0307. The van der Waals surface area contributed by atoms with Gasteiger partial charge in [0, 0.05) is 63.5 Å². The van der Waals surface area contributed by atoms with Crippen LogP contribution in [0.25, 0.3) is 0 Å². The molecule has 2 atom stereocenters. The molecule has 0 aromatic carbocycles. The highest BCUT2D eigenvalue weighted by Crippen LogP contribution is 2.45. The summed E-state index contributed by atoms with van der Waals surface area (Å²) in [5.41, 5.74) is -0.262. The van der Waals surface area contributed by atoms with Gasteiger partial charge in [-0.2, -0.15) is 0 Å². The van der Waals surface area contributed by atoms with Crippen LogP contribution in [0.2, 0.25) is 0 Å². The van der Waals surface area contributed by atoms with Crippen molar-refractivity contribution in [2.75, 3.05) is 39.3 Å². The summed E-state index contributed by atoms with van der Waals surface area (Å²) in [6.07, 6.45) is 6.44. The largest absolute Gasteiger partial charge is 0.342 e. The molecule has 28 heavy (non-hydrogen) atoms. The van der Waals surface area contributed by atoms with Crippen molar-refractivity contribution in [1.29, 1.82) is 0 Å². The summed E-state index contributed by atoms with van der Waals surface area (Å²) in [4.78, 5) is 52.4. The van der Waals surface area contributed by atoms with E-state index in [-0.39, 0.29) is 29.6 Å². The Balaban J connectivity index is 1.60. The number of hydrogen-bond acceptors (Lipinski definition) is 5. The Morgan fingerprint density at radius 3 is 2.25 bits per heavy atom. The standard InChI is InChI=1S/C20H27N5O3/c1-14(2)17(26)24-9-16-10-25(18(27)15-7-21-13-22-8-15)12-20(16,11-24)19(28)23-5-3-4-6-23/h7-8,13-14,16H,3-6,9-12H2,1-2H3/t16-,20-/m0/s1. The van der Waals surface area contributed by atoms with Gasteiger partial charge in [0.1, 0.15) is 6.33 Å². The summed E-state index contributed by atoms with van der Waals surface area (Å²) >= 11 is 0. The molecule has 0 spiro atoms. The number of amides is 3. The van der Waals surface area contributed by atoms with Crippen LogP contribution in [0.4, 0.5) is 0 Å². The van der Waals surface area contributed by atoms with Gasteiger partial charge in [0.05, 0.1) is 11.0 Å². The molecule has 1 aromatic rings. The highest BCUT2D eigenvalue weighted by molar-refractivity contribution is 5.95. The molecule has 0 unspecified atom stereocenters. The maximum atomic E-state index is 13.5. The second kappa shape index (κ2) is 7.14. The van der Waals surface area contributed by atoms with Crippen LogP contribution in [0.15, 0.2) is 18.7 Å². The minimum atomic E-state index is -0.694. The molecule has 3 amide bonds. The van der Waals surface area contributed by atoms with E-state index < -0.39 is 5.41 Å². The topological polar surface area (TPSA) is 86.7 Å². The van der Waals surface area contributed by atoms with E-state index >= 15 is 0 Å². The van der Waals surface area contributed by atoms with Crippen molar-refractivity contribution in [2.45, 2.75) is 26.7 Å². The normalized spacial score (nSPS) is 26.8. The number of carbonyl (C=O) groups is 3. The van der Waals surface area contributed by atoms with Crippen molar-refractivity contribution >= 4 is 17.7 Å². The van der Waals surface area contributed by atoms with Crippen molar-refractivity contribution in [3.8, 4) is 0 Å². The van der Waals surface area contributed by atoms with Crippen molar-refractivity contribution in [3.63, 3.8) is 0 Å². The number of nitrogens with zero attached hydrogens (tertiary/aromatic N) is 5. The predicted octanol–water partition coefficient (Wildman–Crippen LogP) is 0.656. The van der Waals surface area contributed by atoms with Crippen molar-refractivity contribution in [1.82, 2.24) is 24.7 Å². The van der Waals surface area contributed by atoms with Crippen LogP contribution in [-0.4, -0.2) is 81.7 Å². The summed E-state index contributed by atoms with van der Waals surface area (Å²) < 4.78 is 0. The third-order valence-electron chi connectivity index (χ3n) is 6.33. The van der Waals surface area contributed by atoms with E-state index in [2.05, 4.69) is 9.97 Å². The van der Waals surface area contributed by atoms with Gasteiger partial charge in [-0.05, 0) is 12.8 Å². The lowest BCUT2D eigenvalue weighted by Gasteiger charge is -2.32. The summed E-state index contributed by atoms with van der Waals surface area (Å²) in [6, 6.07) is 0. The van der Waals surface area contributed by atoms with Crippen LogP contribution >= 0.6 is 0 Å². The van der Waals surface area contributed by atoms with Gasteiger partial charge in [0.15, 0.2) is 0 Å². The Morgan fingerprint density at radius 2 is 1.61 bits per heavy atom. The van der Waals surface area contributed by atoms with Crippen molar-refractivity contribution < 1.29 is 14.4 Å². The molecule has 4 rings (SSSR count). The van der Waals surface area contributed by atoms with Crippen LogP contribution in [0.5, 0.6) is 0 Å². The van der Waals surface area contributed by atoms with Crippen molar-refractivity contribution in [3.05, 3.63) is 24.3 Å². The monoisotopic (exact) mass is 385 g/mol. The zero-order valence-electron chi connectivity index (χ0n) is 16.5. The van der Waals surface area contributed by atoms with E-state index in [1.165, 1.54) is 18.7 Å². The van der Waals surface area contributed by atoms with Gasteiger partial charge >= 0.3 is 0 Å². The number of likely N-dealkylation sites (tertiary alicyclic amines) is 3. The Hall–Kier alpha value is -2.51. The molecule has 0 bridgehead atoms. The SMILES string of the molecule is CC(C)C(=O)N1C[C@H]2CN(C(=O)c3cncnc3)C[C@@]2(C(=O)N2CCCC2)C1. The molecular formula is C20H27N5O3. The van der Waals surface area contributed by atoms with Gasteiger partial charge in [0.25, 0.3) is 5.91 Å². The molecule has 3 saturated heterocycles. The third kappa shape index (κ3) is 3.04. The van der Waals surface area contributed by atoms with Gasteiger partial charge in [-0.3, -0.25) is 14.4 Å². The fourth-order valence-corrected chi connectivity index (χ4v) is 4.88. The van der Waals surface area contributed by atoms with Gasteiger partial charge in [-0.1, -0.05) is 13.8 Å². The zero-order chi connectivity index (χ0) is 19.9. The Kier molecular flexibility index (Phi) is 4.81. The summed E-state index contributed by atoms with van der Waals surface area (Å²) in [6.45, 7) is 7.08. The lowest BCUT2D eigenvalue weighted by atomic mass is 9.79. The van der Waals surface area contributed by atoms with Gasteiger partial charge < -0.3 is 14.7 Å². The molecule has 1 aromatic heterocycles. The van der Waals surface area contributed by atoms with Crippen LogP contribution < -0.4 is 0 Å². The fraction of sp³-hybridized carbons (Fsp3) is 0.650. The molecule has 0 N–H and O–H groups in total. The quantitative estimate of drug-likeness (QED) is 0.763. The van der Waals surface area contributed by atoms with Crippen molar-refractivity contribution in [2.24, 2.45) is 17.3 Å². The molecular weight excluding hydrogens is 358 g/mol. The van der Waals surface area contributed by atoms with E-state index in [0.717, 1.165) is 25.9 Å². The van der Waals surface area contributed by atoms with Gasteiger partial charge in [-0.25, -0.2) is 9.97 Å². The number of fused-ring (bicyclic) bond motifs is 1. The average Bonchev–Trinajstić information content (AvgIpc) is 3.41. The van der Waals surface area contributed by atoms with Gasteiger partial charge in [-0.15, -0.1) is 0 Å². The molecule has 3 aliphatic heterocycles. The second-order valence-electron chi connectivity index (χ2n) is 8.54. The van der Waals surface area contributed by atoms with E-state index in [0.29, 0.717) is 31.7 Å².